The molecule has 0 aliphatic rings. The van der Waals surface area contributed by atoms with Crippen LogP contribution in [0.3, 0.4) is 0 Å². The Balaban J connectivity index is 5.06. The third kappa shape index (κ3) is 4.88. The van der Waals surface area contributed by atoms with Crippen molar-refractivity contribution in [1.82, 2.24) is 5.32 Å². The average molecular weight is 261 g/mol. The van der Waals surface area contributed by atoms with Gasteiger partial charge in [-0.2, -0.15) is 0 Å². The van der Waals surface area contributed by atoms with Crippen LogP contribution < -0.4 is 5.32 Å². The van der Waals surface area contributed by atoms with Gasteiger partial charge in [0.2, 0.25) is 5.91 Å². The second kappa shape index (κ2) is 4.74. The van der Waals surface area contributed by atoms with Crippen molar-refractivity contribution in [3.05, 3.63) is 0 Å². The van der Waals surface area contributed by atoms with Crippen LogP contribution >= 0.6 is 15.2 Å². The Bertz CT molecular complexity index is 308. The molecule has 5 N–H and O–H groups in total. The van der Waals surface area contributed by atoms with Gasteiger partial charge in [0.25, 0.3) is 0 Å². The van der Waals surface area contributed by atoms with Crippen LogP contribution in [0.4, 0.5) is 0 Å². The van der Waals surface area contributed by atoms with Gasteiger partial charge < -0.3 is 24.9 Å². The Hall–Kier alpha value is -0.230. The first-order chi connectivity index (χ1) is 6.46. The Morgan fingerprint density at radius 3 is 1.67 bits per heavy atom. The van der Waals surface area contributed by atoms with Gasteiger partial charge in [-0.05, 0) is 6.92 Å². The largest absolute Gasteiger partial charge is 0.352 e. The number of carbonyl (C=O) groups is 1. The van der Waals surface area contributed by atoms with Crippen LogP contribution in [0, 0.1) is 0 Å². The van der Waals surface area contributed by atoms with Gasteiger partial charge >= 0.3 is 15.2 Å². The summed E-state index contributed by atoms with van der Waals surface area (Å²) < 4.78 is 21.7. The standard InChI is InChI=1S/C5H13NO7P2/c1-3(6-4(2)7)5(14(8,9)10)15(11,12)13/h3,5H,1-2H3,(H,6,7)(H2,8,9,10)(H2,11,12,13). The number of nitrogens with one attached hydrogen (secondary N) is 1. The van der Waals surface area contributed by atoms with Crippen LogP contribution in [0.2, 0.25) is 0 Å². The van der Waals surface area contributed by atoms with E-state index in [4.69, 9.17) is 19.6 Å². The van der Waals surface area contributed by atoms with E-state index >= 15 is 0 Å². The molecule has 0 aliphatic carbocycles. The molecule has 90 valence electrons. The molecule has 0 aromatic rings. The molecule has 0 bridgehead atoms. The van der Waals surface area contributed by atoms with Crippen molar-refractivity contribution in [3.63, 3.8) is 0 Å². The van der Waals surface area contributed by atoms with Crippen molar-refractivity contribution in [1.29, 1.82) is 0 Å². The topological polar surface area (TPSA) is 144 Å². The molecule has 0 radical (unpaired) electrons. The SMILES string of the molecule is CC(=O)NC(C)C(P(=O)(O)O)P(=O)(O)O. The van der Waals surface area contributed by atoms with Gasteiger partial charge in [-0.3, -0.25) is 13.9 Å². The summed E-state index contributed by atoms with van der Waals surface area (Å²) in [5.74, 6) is -0.630. The Labute approximate surface area is 86.0 Å². The molecule has 0 fully saturated rings. The molecule has 10 heteroatoms. The minimum absolute atomic E-state index is 0.630. The predicted octanol–water partition coefficient (Wildman–Crippen LogP) is -0.808. The first kappa shape index (κ1) is 14.8. The maximum Gasteiger partial charge on any atom is 0.342 e. The number of hydrogen-bond donors (Lipinski definition) is 5. The van der Waals surface area contributed by atoms with Crippen LogP contribution in [0.1, 0.15) is 13.8 Å². The average Bonchev–Trinajstić information content (AvgIpc) is 1.74. The van der Waals surface area contributed by atoms with E-state index < -0.39 is 32.5 Å². The molecule has 0 saturated heterocycles. The zero-order chi connectivity index (χ0) is 12.4. The first-order valence-corrected chi connectivity index (χ1v) is 7.20. The molecular formula is C5H13NO7P2. The summed E-state index contributed by atoms with van der Waals surface area (Å²) in [6.45, 7) is 2.19. The summed E-state index contributed by atoms with van der Waals surface area (Å²) >= 11 is 0. The molecule has 0 rings (SSSR count). The van der Waals surface area contributed by atoms with Crippen molar-refractivity contribution in [2.45, 2.75) is 25.3 Å². The fraction of sp³-hybridized carbons (Fsp3) is 0.800. The Kier molecular flexibility index (Phi) is 4.67. The summed E-state index contributed by atoms with van der Waals surface area (Å²) in [5, 5.41) is -0.181. The summed E-state index contributed by atoms with van der Waals surface area (Å²) in [6.07, 6.45) is 0. The lowest BCUT2D eigenvalue weighted by Crippen LogP contribution is -2.39. The van der Waals surface area contributed by atoms with E-state index in [0.29, 0.717) is 0 Å². The molecule has 0 aliphatic heterocycles. The Morgan fingerprint density at radius 2 is 1.47 bits per heavy atom. The summed E-state index contributed by atoms with van der Waals surface area (Å²) in [4.78, 5) is 45.7. The highest BCUT2D eigenvalue weighted by Gasteiger charge is 2.47. The van der Waals surface area contributed by atoms with Gasteiger partial charge in [-0.25, -0.2) is 0 Å². The van der Waals surface area contributed by atoms with Crippen LogP contribution in [0.5, 0.6) is 0 Å². The highest BCUT2D eigenvalue weighted by Crippen LogP contribution is 2.61. The first-order valence-electron chi connectivity index (χ1n) is 3.84. The molecule has 8 nitrogen and oxygen atoms in total. The maximum atomic E-state index is 10.9. The van der Waals surface area contributed by atoms with Gasteiger partial charge in [0.1, 0.15) is 0 Å². The smallest absolute Gasteiger partial charge is 0.342 e. The molecule has 0 aromatic heterocycles. The van der Waals surface area contributed by atoms with Gasteiger partial charge in [-0.1, -0.05) is 0 Å². The highest BCUT2D eigenvalue weighted by atomic mass is 31.2. The third-order valence-electron chi connectivity index (χ3n) is 1.57. The van der Waals surface area contributed by atoms with Crippen molar-refractivity contribution < 1.29 is 33.5 Å². The van der Waals surface area contributed by atoms with Gasteiger partial charge in [0.15, 0.2) is 5.40 Å². The van der Waals surface area contributed by atoms with E-state index in [1.165, 1.54) is 0 Å². The molecule has 0 spiro atoms. The lowest BCUT2D eigenvalue weighted by Gasteiger charge is -2.25. The zero-order valence-corrected chi connectivity index (χ0v) is 9.85. The minimum Gasteiger partial charge on any atom is -0.352 e. The molecule has 1 amide bonds. The van der Waals surface area contributed by atoms with E-state index in [9.17, 15) is 13.9 Å². The second-order valence-corrected chi connectivity index (χ2v) is 6.96. The number of hydrogen-bond acceptors (Lipinski definition) is 3. The van der Waals surface area contributed by atoms with E-state index in [1.54, 1.807) is 0 Å². The summed E-state index contributed by atoms with van der Waals surface area (Å²) in [6, 6.07) is -1.32. The van der Waals surface area contributed by atoms with Gasteiger partial charge in [0.05, 0.1) is 6.04 Å². The molecule has 0 aromatic carbocycles. The highest BCUT2D eigenvalue weighted by molar-refractivity contribution is 7.71. The van der Waals surface area contributed by atoms with E-state index in [1.807, 2.05) is 5.32 Å². The molecule has 0 saturated carbocycles. The van der Waals surface area contributed by atoms with Gasteiger partial charge in [0, 0.05) is 6.92 Å². The molecule has 15 heavy (non-hydrogen) atoms. The quantitative estimate of drug-likeness (QED) is 0.416. The Morgan fingerprint density at radius 1 is 1.13 bits per heavy atom. The fourth-order valence-electron chi connectivity index (χ4n) is 1.17. The normalized spacial score (nSPS) is 15.1. The van der Waals surface area contributed by atoms with Crippen LogP contribution in [-0.2, 0) is 13.9 Å². The monoisotopic (exact) mass is 261 g/mol. The van der Waals surface area contributed by atoms with Crippen LogP contribution in [0.15, 0.2) is 0 Å². The molecular weight excluding hydrogens is 248 g/mol. The zero-order valence-electron chi connectivity index (χ0n) is 8.06. The van der Waals surface area contributed by atoms with Crippen LogP contribution in [0.25, 0.3) is 0 Å². The maximum absolute atomic E-state index is 10.9. The van der Waals surface area contributed by atoms with Crippen molar-refractivity contribution >= 4 is 21.1 Å². The van der Waals surface area contributed by atoms with Gasteiger partial charge in [-0.15, -0.1) is 0 Å². The van der Waals surface area contributed by atoms with Crippen molar-refractivity contribution in [2.24, 2.45) is 0 Å². The lowest BCUT2D eigenvalue weighted by atomic mass is 10.4. The van der Waals surface area contributed by atoms with E-state index in [2.05, 4.69) is 0 Å². The fourth-order valence-corrected chi connectivity index (χ4v) is 4.06. The van der Waals surface area contributed by atoms with Crippen molar-refractivity contribution in [3.8, 4) is 0 Å². The molecule has 1 atom stereocenters. The van der Waals surface area contributed by atoms with Crippen LogP contribution in [-0.4, -0.2) is 36.9 Å². The lowest BCUT2D eigenvalue weighted by molar-refractivity contribution is -0.119. The van der Waals surface area contributed by atoms with E-state index in [-0.39, 0.29) is 0 Å². The second-order valence-electron chi connectivity index (χ2n) is 3.08. The molecule has 0 heterocycles. The number of amides is 1. The molecule has 1 unspecified atom stereocenters. The van der Waals surface area contributed by atoms with E-state index in [0.717, 1.165) is 13.8 Å². The minimum atomic E-state index is -4.99. The number of carbonyl (C=O) groups excluding carboxylic acids is 1. The number of rotatable bonds is 4. The predicted molar refractivity (Wildman–Crippen MR) is 51.2 cm³/mol. The third-order valence-corrected chi connectivity index (χ3v) is 5.65. The summed E-state index contributed by atoms with van der Waals surface area (Å²) in [7, 11) is -9.98. The van der Waals surface area contributed by atoms with Crippen molar-refractivity contribution in [2.75, 3.05) is 0 Å². The summed E-state index contributed by atoms with van der Waals surface area (Å²) in [5.41, 5.74) is 0.